The lowest BCUT2D eigenvalue weighted by Crippen LogP contribution is -2.31. The highest BCUT2D eigenvalue weighted by Crippen LogP contribution is 2.24. The van der Waals surface area contributed by atoms with Gasteiger partial charge >= 0.3 is 0 Å². The number of carbonyl (C=O) groups is 1. The Morgan fingerprint density at radius 1 is 1.00 bits per heavy atom. The molecule has 0 atom stereocenters. The number of halogens is 3. The highest BCUT2D eigenvalue weighted by molar-refractivity contribution is 6.42. The van der Waals surface area contributed by atoms with Crippen LogP contribution in [0.3, 0.4) is 0 Å². The fourth-order valence-corrected chi connectivity index (χ4v) is 2.40. The summed E-state index contributed by atoms with van der Waals surface area (Å²) < 4.78 is 0. The second-order valence-electron chi connectivity index (χ2n) is 4.71. The van der Waals surface area contributed by atoms with E-state index in [4.69, 9.17) is 34.8 Å². The van der Waals surface area contributed by atoms with Gasteiger partial charge in [-0.25, -0.2) is 0 Å². The summed E-state index contributed by atoms with van der Waals surface area (Å²) in [6, 6.07) is 12.7. The summed E-state index contributed by atoms with van der Waals surface area (Å²) in [7, 11) is 0. The molecular weight excluding hydrogens is 343 g/mol. The summed E-state index contributed by atoms with van der Waals surface area (Å²) in [5, 5.41) is 7.47. The van der Waals surface area contributed by atoms with E-state index in [0.717, 1.165) is 17.7 Å². The van der Waals surface area contributed by atoms with Gasteiger partial charge in [-0.2, -0.15) is 0 Å². The molecule has 0 bridgehead atoms. The fraction of sp³-hybridized carbons (Fsp3) is 0.188. The van der Waals surface area contributed by atoms with Crippen molar-refractivity contribution in [2.45, 2.75) is 6.42 Å². The van der Waals surface area contributed by atoms with Crippen LogP contribution < -0.4 is 10.6 Å². The summed E-state index contributed by atoms with van der Waals surface area (Å²) in [5.74, 6) is -0.0897. The van der Waals surface area contributed by atoms with Crippen LogP contribution >= 0.6 is 34.8 Å². The van der Waals surface area contributed by atoms with E-state index in [1.807, 2.05) is 24.3 Å². The molecule has 0 aromatic heterocycles. The molecule has 2 aromatic carbocycles. The second-order valence-corrected chi connectivity index (χ2v) is 5.96. The first-order valence-corrected chi connectivity index (χ1v) is 7.88. The van der Waals surface area contributed by atoms with Crippen molar-refractivity contribution in [3.63, 3.8) is 0 Å². The van der Waals surface area contributed by atoms with E-state index < -0.39 is 0 Å². The molecule has 0 fully saturated rings. The molecule has 0 heterocycles. The molecule has 22 heavy (non-hydrogen) atoms. The number of benzene rings is 2. The lowest BCUT2D eigenvalue weighted by molar-refractivity contribution is -0.119. The van der Waals surface area contributed by atoms with Crippen molar-refractivity contribution in [3.05, 3.63) is 63.1 Å². The molecule has 3 nitrogen and oxygen atoms in total. The number of nitrogens with one attached hydrogen (secondary N) is 2. The van der Waals surface area contributed by atoms with Gasteiger partial charge in [0.15, 0.2) is 0 Å². The maximum absolute atomic E-state index is 11.8. The number of amides is 1. The van der Waals surface area contributed by atoms with E-state index in [1.165, 1.54) is 0 Å². The van der Waals surface area contributed by atoms with E-state index in [9.17, 15) is 4.79 Å². The Morgan fingerprint density at radius 2 is 1.82 bits per heavy atom. The van der Waals surface area contributed by atoms with Gasteiger partial charge in [-0.15, -0.1) is 0 Å². The standard InChI is InChI=1S/C16H15Cl3N2O/c17-12-3-1-2-11(8-12)6-7-20-16(22)10-21-13-4-5-14(18)15(19)9-13/h1-5,8-9,21H,6-7,10H2,(H,20,22). The van der Waals surface area contributed by atoms with Crippen LogP contribution in [-0.4, -0.2) is 19.0 Å². The quantitative estimate of drug-likeness (QED) is 0.803. The minimum Gasteiger partial charge on any atom is -0.376 e. The Bertz CT molecular complexity index is 662. The van der Waals surface area contributed by atoms with E-state index in [2.05, 4.69) is 10.6 Å². The number of rotatable bonds is 6. The van der Waals surface area contributed by atoms with E-state index in [1.54, 1.807) is 18.2 Å². The predicted octanol–water partition coefficient (Wildman–Crippen LogP) is 4.42. The van der Waals surface area contributed by atoms with E-state index in [0.29, 0.717) is 21.6 Å². The fourth-order valence-electron chi connectivity index (χ4n) is 1.89. The topological polar surface area (TPSA) is 41.1 Å². The van der Waals surface area contributed by atoms with Gasteiger partial charge in [0.05, 0.1) is 16.6 Å². The van der Waals surface area contributed by atoms with Gasteiger partial charge in [0, 0.05) is 17.3 Å². The average Bonchev–Trinajstić information content (AvgIpc) is 2.48. The van der Waals surface area contributed by atoms with Gasteiger partial charge in [-0.1, -0.05) is 46.9 Å². The van der Waals surface area contributed by atoms with Gasteiger partial charge in [0.25, 0.3) is 0 Å². The first kappa shape index (κ1) is 16.9. The molecule has 0 aliphatic rings. The number of anilines is 1. The Balaban J connectivity index is 1.72. The van der Waals surface area contributed by atoms with Crippen LogP contribution in [0.2, 0.25) is 15.1 Å². The Kier molecular flexibility index (Phi) is 6.37. The lowest BCUT2D eigenvalue weighted by Gasteiger charge is -2.09. The summed E-state index contributed by atoms with van der Waals surface area (Å²) in [4.78, 5) is 11.8. The van der Waals surface area contributed by atoms with Crippen LogP contribution in [0.25, 0.3) is 0 Å². The summed E-state index contributed by atoms with van der Waals surface area (Å²) in [5.41, 5.74) is 1.84. The molecule has 2 rings (SSSR count). The van der Waals surface area contributed by atoms with Gasteiger partial charge in [0.2, 0.25) is 5.91 Å². The zero-order valence-electron chi connectivity index (χ0n) is 11.7. The Morgan fingerprint density at radius 3 is 2.55 bits per heavy atom. The third kappa shape index (κ3) is 5.41. The van der Waals surface area contributed by atoms with Crippen molar-refractivity contribution in [2.24, 2.45) is 0 Å². The molecule has 0 saturated carbocycles. The Hall–Kier alpha value is -1.42. The molecular formula is C16H15Cl3N2O. The number of carbonyl (C=O) groups excluding carboxylic acids is 1. The van der Waals surface area contributed by atoms with Crippen molar-refractivity contribution < 1.29 is 4.79 Å². The third-order valence-corrected chi connectivity index (χ3v) is 3.97. The van der Waals surface area contributed by atoms with Crippen molar-refractivity contribution >= 4 is 46.4 Å². The first-order valence-electron chi connectivity index (χ1n) is 6.74. The second kappa shape index (κ2) is 8.28. The van der Waals surface area contributed by atoms with Crippen molar-refractivity contribution in [1.82, 2.24) is 5.32 Å². The molecule has 6 heteroatoms. The van der Waals surface area contributed by atoms with Crippen LogP contribution in [0.15, 0.2) is 42.5 Å². The largest absolute Gasteiger partial charge is 0.376 e. The van der Waals surface area contributed by atoms with Crippen LogP contribution in [0, 0.1) is 0 Å². The third-order valence-electron chi connectivity index (χ3n) is 3.00. The van der Waals surface area contributed by atoms with Crippen molar-refractivity contribution in [2.75, 3.05) is 18.4 Å². The lowest BCUT2D eigenvalue weighted by atomic mass is 10.1. The first-order chi connectivity index (χ1) is 10.5. The monoisotopic (exact) mass is 356 g/mol. The molecule has 0 saturated heterocycles. The summed E-state index contributed by atoms with van der Waals surface area (Å²) in [6.07, 6.45) is 0.735. The van der Waals surface area contributed by atoms with Crippen molar-refractivity contribution in [3.8, 4) is 0 Å². The molecule has 1 amide bonds. The van der Waals surface area contributed by atoms with Crippen LogP contribution in [0.5, 0.6) is 0 Å². The average molecular weight is 358 g/mol. The zero-order valence-corrected chi connectivity index (χ0v) is 14.0. The van der Waals surface area contributed by atoms with Crippen LogP contribution in [0.4, 0.5) is 5.69 Å². The Labute approximate surface area is 144 Å². The minimum absolute atomic E-state index is 0.0897. The van der Waals surface area contributed by atoms with Crippen LogP contribution in [0.1, 0.15) is 5.56 Å². The van der Waals surface area contributed by atoms with Crippen molar-refractivity contribution in [1.29, 1.82) is 0 Å². The highest BCUT2D eigenvalue weighted by Gasteiger charge is 2.03. The molecule has 116 valence electrons. The SMILES string of the molecule is O=C(CNc1ccc(Cl)c(Cl)c1)NCCc1cccc(Cl)c1. The molecule has 2 aromatic rings. The van der Waals surface area contributed by atoms with Gasteiger partial charge in [-0.3, -0.25) is 4.79 Å². The maximum Gasteiger partial charge on any atom is 0.239 e. The molecule has 0 spiro atoms. The van der Waals surface area contributed by atoms with Gasteiger partial charge < -0.3 is 10.6 Å². The highest BCUT2D eigenvalue weighted by atomic mass is 35.5. The smallest absolute Gasteiger partial charge is 0.239 e. The molecule has 0 radical (unpaired) electrons. The van der Waals surface area contributed by atoms with Gasteiger partial charge in [0.1, 0.15) is 0 Å². The summed E-state index contributed by atoms with van der Waals surface area (Å²) in [6.45, 7) is 0.732. The number of hydrogen-bond acceptors (Lipinski definition) is 2. The minimum atomic E-state index is -0.0897. The van der Waals surface area contributed by atoms with Gasteiger partial charge in [-0.05, 0) is 42.3 Å². The van der Waals surface area contributed by atoms with E-state index in [-0.39, 0.29) is 12.5 Å². The molecule has 0 aliphatic heterocycles. The molecule has 0 unspecified atom stereocenters. The van der Waals surface area contributed by atoms with E-state index >= 15 is 0 Å². The zero-order chi connectivity index (χ0) is 15.9. The maximum atomic E-state index is 11.8. The normalized spacial score (nSPS) is 10.3. The number of hydrogen-bond donors (Lipinski definition) is 2. The van der Waals surface area contributed by atoms with Crippen LogP contribution in [-0.2, 0) is 11.2 Å². The molecule has 0 aliphatic carbocycles. The predicted molar refractivity (Wildman–Crippen MR) is 93.1 cm³/mol. The summed E-state index contributed by atoms with van der Waals surface area (Å²) >= 11 is 17.7. The molecule has 2 N–H and O–H groups in total.